The number of sulfonamides is 1. The molecule has 1 aromatic carbocycles. The lowest BCUT2D eigenvalue weighted by atomic mass is 10.1. The third-order valence-electron chi connectivity index (χ3n) is 3.42. The number of carbonyl (C=O) groups is 1. The molecule has 0 aliphatic carbocycles. The van der Waals surface area contributed by atoms with Gasteiger partial charge in [-0.3, -0.25) is 4.79 Å². The van der Waals surface area contributed by atoms with E-state index in [1.165, 1.54) is 25.3 Å². The summed E-state index contributed by atoms with van der Waals surface area (Å²) >= 11 is 0. The Hall–Kier alpha value is -2.46. The third-order valence-corrected chi connectivity index (χ3v) is 5.20. The van der Waals surface area contributed by atoms with Gasteiger partial charge in [0.1, 0.15) is 16.7 Å². The topological polar surface area (TPSA) is 123 Å². The molecule has 0 fully saturated rings. The predicted molar refractivity (Wildman–Crippen MR) is 98.0 cm³/mol. The van der Waals surface area contributed by atoms with Gasteiger partial charge in [-0.15, -0.1) is 0 Å². The molecule has 27 heavy (non-hydrogen) atoms. The van der Waals surface area contributed by atoms with E-state index in [4.69, 9.17) is 9.26 Å². The van der Waals surface area contributed by atoms with Crippen LogP contribution in [0.3, 0.4) is 0 Å². The maximum atomic E-state index is 12.7. The summed E-state index contributed by atoms with van der Waals surface area (Å²) in [6.45, 7) is 8.53. The van der Waals surface area contributed by atoms with Gasteiger partial charge in [0.2, 0.25) is 15.9 Å². The van der Waals surface area contributed by atoms with Crippen molar-refractivity contribution >= 4 is 15.9 Å². The number of ether oxygens (including phenoxy) is 1. The molecule has 0 saturated heterocycles. The standard InChI is InChI=1S/C17H24N4O5S/c1-10(16-19-11(2)20-26-16)18-15(22)12-7-8-13(25-6)14(9-12)27(23,24)21-17(3,4)5/h7-10,21H,1-6H3,(H,18,22). The highest BCUT2D eigenvalue weighted by atomic mass is 32.2. The minimum absolute atomic E-state index is 0.117. The maximum absolute atomic E-state index is 12.7. The number of carbonyl (C=O) groups excluding carboxylic acids is 1. The fourth-order valence-electron chi connectivity index (χ4n) is 2.32. The molecule has 0 spiro atoms. The van der Waals surface area contributed by atoms with Crippen molar-refractivity contribution in [3.8, 4) is 5.75 Å². The van der Waals surface area contributed by atoms with Gasteiger partial charge in [-0.1, -0.05) is 5.16 Å². The molecule has 2 rings (SSSR count). The first kappa shape index (κ1) is 20.8. The van der Waals surface area contributed by atoms with Crippen molar-refractivity contribution in [3.63, 3.8) is 0 Å². The molecule has 2 aromatic rings. The van der Waals surface area contributed by atoms with Crippen molar-refractivity contribution in [1.82, 2.24) is 20.2 Å². The molecule has 0 bridgehead atoms. The van der Waals surface area contributed by atoms with Crippen molar-refractivity contribution in [2.45, 2.75) is 51.1 Å². The van der Waals surface area contributed by atoms with Crippen molar-refractivity contribution in [1.29, 1.82) is 0 Å². The molecule has 9 nitrogen and oxygen atoms in total. The Kier molecular flexibility index (Phi) is 5.91. The van der Waals surface area contributed by atoms with Crippen LogP contribution < -0.4 is 14.8 Å². The molecule has 1 aromatic heterocycles. The van der Waals surface area contributed by atoms with Crippen LogP contribution in [0.5, 0.6) is 5.75 Å². The zero-order valence-corrected chi connectivity index (χ0v) is 17.0. The smallest absolute Gasteiger partial charge is 0.251 e. The molecular formula is C17H24N4O5S. The number of nitrogens with one attached hydrogen (secondary N) is 2. The van der Waals surface area contributed by atoms with E-state index < -0.39 is 27.5 Å². The van der Waals surface area contributed by atoms with E-state index in [0.29, 0.717) is 5.82 Å². The summed E-state index contributed by atoms with van der Waals surface area (Å²) in [4.78, 5) is 16.5. The molecule has 10 heteroatoms. The summed E-state index contributed by atoms with van der Waals surface area (Å²) in [5, 5.41) is 6.38. The first-order valence-electron chi connectivity index (χ1n) is 8.26. The number of hydrogen-bond acceptors (Lipinski definition) is 7. The van der Waals surface area contributed by atoms with Gasteiger partial charge in [-0.2, -0.15) is 4.98 Å². The quantitative estimate of drug-likeness (QED) is 0.765. The first-order chi connectivity index (χ1) is 12.4. The lowest BCUT2D eigenvalue weighted by Crippen LogP contribution is -2.40. The Morgan fingerprint density at radius 2 is 1.96 bits per heavy atom. The minimum Gasteiger partial charge on any atom is -0.495 e. The van der Waals surface area contributed by atoms with Crippen LogP contribution in [0.1, 0.15) is 55.8 Å². The molecule has 1 unspecified atom stereocenters. The molecule has 0 saturated carbocycles. The minimum atomic E-state index is -3.89. The number of methoxy groups -OCH3 is 1. The SMILES string of the molecule is COc1ccc(C(=O)NC(C)c2nc(C)no2)cc1S(=O)(=O)NC(C)(C)C. The molecule has 0 aliphatic heterocycles. The van der Waals surface area contributed by atoms with Crippen molar-refractivity contribution in [2.75, 3.05) is 7.11 Å². The zero-order valence-electron chi connectivity index (χ0n) is 16.2. The molecule has 2 N–H and O–H groups in total. The number of aromatic nitrogens is 2. The Morgan fingerprint density at radius 3 is 2.48 bits per heavy atom. The summed E-state index contributed by atoms with van der Waals surface area (Å²) < 4.78 is 38.1. The summed E-state index contributed by atoms with van der Waals surface area (Å²) in [5.41, 5.74) is -0.528. The summed E-state index contributed by atoms with van der Waals surface area (Å²) in [6, 6.07) is 3.66. The van der Waals surface area contributed by atoms with Crippen molar-refractivity contribution in [2.24, 2.45) is 0 Å². The molecular weight excluding hydrogens is 372 g/mol. The van der Waals surface area contributed by atoms with Crippen LogP contribution in [0.2, 0.25) is 0 Å². The van der Waals surface area contributed by atoms with E-state index in [1.807, 2.05) is 0 Å². The number of benzene rings is 1. The zero-order chi connectivity index (χ0) is 20.4. The Bertz CT molecular complexity index is 931. The fourth-order valence-corrected chi connectivity index (χ4v) is 3.93. The number of hydrogen-bond donors (Lipinski definition) is 2. The second kappa shape index (κ2) is 7.65. The van der Waals surface area contributed by atoms with Crippen LogP contribution in [0, 0.1) is 6.92 Å². The summed E-state index contributed by atoms with van der Waals surface area (Å²) in [7, 11) is -2.52. The monoisotopic (exact) mass is 396 g/mol. The van der Waals surface area contributed by atoms with Gasteiger partial charge in [0.15, 0.2) is 5.82 Å². The van der Waals surface area contributed by atoms with Gasteiger partial charge >= 0.3 is 0 Å². The largest absolute Gasteiger partial charge is 0.495 e. The summed E-state index contributed by atoms with van der Waals surface area (Å²) in [5.74, 6) is 0.380. The summed E-state index contributed by atoms with van der Waals surface area (Å²) in [6.07, 6.45) is 0. The van der Waals surface area contributed by atoms with E-state index >= 15 is 0 Å². The Morgan fingerprint density at radius 1 is 1.30 bits per heavy atom. The van der Waals surface area contributed by atoms with E-state index in [1.54, 1.807) is 34.6 Å². The average Bonchev–Trinajstić information content (AvgIpc) is 2.98. The van der Waals surface area contributed by atoms with Gasteiger partial charge < -0.3 is 14.6 Å². The predicted octanol–water partition coefficient (Wildman–Crippen LogP) is 1.95. The van der Waals surface area contributed by atoms with E-state index in [0.717, 1.165) is 0 Å². The van der Waals surface area contributed by atoms with Gasteiger partial charge in [-0.25, -0.2) is 13.1 Å². The van der Waals surface area contributed by atoms with Crippen LogP contribution in [0.15, 0.2) is 27.6 Å². The lowest BCUT2D eigenvalue weighted by molar-refractivity contribution is 0.0932. The van der Waals surface area contributed by atoms with Gasteiger partial charge in [-0.05, 0) is 52.8 Å². The highest BCUT2D eigenvalue weighted by Crippen LogP contribution is 2.26. The molecule has 1 heterocycles. The van der Waals surface area contributed by atoms with Crippen LogP contribution in [0.4, 0.5) is 0 Å². The fraction of sp³-hybridized carbons (Fsp3) is 0.471. The maximum Gasteiger partial charge on any atom is 0.251 e. The second-order valence-electron chi connectivity index (χ2n) is 7.10. The van der Waals surface area contributed by atoms with Crippen molar-refractivity contribution < 1.29 is 22.5 Å². The third kappa shape index (κ3) is 5.27. The van der Waals surface area contributed by atoms with Gasteiger partial charge in [0, 0.05) is 11.1 Å². The van der Waals surface area contributed by atoms with E-state index in [2.05, 4.69) is 20.2 Å². The molecule has 148 valence electrons. The molecule has 0 aliphatic rings. The average molecular weight is 396 g/mol. The molecule has 1 amide bonds. The normalized spacial score (nSPS) is 13.3. The number of aryl methyl sites for hydroxylation is 1. The first-order valence-corrected chi connectivity index (χ1v) is 9.74. The Balaban J connectivity index is 2.32. The van der Waals surface area contributed by atoms with Crippen LogP contribution in [-0.2, 0) is 10.0 Å². The number of nitrogens with zero attached hydrogens (tertiary/aromatic N) is 2. The van der Waals surface area contributed by atoms with Gasteiger partial charge in [0.25, 0.3) is 5.91 Å². The van der Waals surface area contributed by atoms with E-state index in [-0.39, 0.29) is 22.1 Å². The molecule has 0 radical (unpaired) electrons. The van der Waals surface area contributed by atoms with Crippen molar-refractivity contribution in [3.05, 3.63) is 35.5 Å². The van der Waals surface area contributed by atoms with Crippen LogP contribution in [0.25, 0.3) is 0 Å². The number of rotatable bonds is 6. The van der Waals surface area contributed by atoms with Crippen LogP contribution >= 0.6 is 0 Å². The highest BCUT2D eigenvalue weighted by molar-refractivity contribution is 7.89. The lowest BCUT2D eigenvalue weighted by Gasteiger charge is -2.21. The second-order valence-corrected chi connectivity index (χ2v) is 8.75. The Labute approximate surface area is 158 Å². The van der Waals surface area contributed by atoms with Gasteiger partial charge in [0.05, 0.1) is 7.11 Å². The van der Waals surface area contributed by atoms with E-state index in [9.17, 15) is 13.2 Å². The molecule has 1 atom stereocenters. The van der Waals surface area contributed by atoms with Crippen LogP contribution in [-0.4, -0.2) is 37.1 Å². The number of amides is 1. The highest BCUT2D eigenvalue weighted by Gasteiger charge is 2.27.